The maximum atomic E-state index is 5.88. The van der Waals surface area contributed by atoms with E-state index in [1.54, 1.807) is 6.20 Å². The van der Waals surface area contributed by atoms with E-state index in [1.807, 2.05) is 6.07 Å². The molecule has 1 aliphatic rings. The van der Waals surface area contributed by atoms with E-state index in [4.69, 9.17) is 5.73 Å². The lowest BCUT2D eigenvalue weighted by molar-refractivity contribution is 0.387. The first-order valence-electron chi connectivity index (χ1n) is 5.66. The molecule has 0 aromatic carbocycles. The zero-order valence-corrected chi connectivity index (χ0v) is 10.1. The number of allylic oxidation sites excluding steroid dienone is 2. The van der Waals surface area contributed by atoms with Crippen LogP contribution in [-0.4, -0.2) is 4.98 Å². The molecule has 2 rings (SSSR count). The normalized spacial score (nSPS) is 23.2. The van der Waals surface area contributed by atoms with Gasteiger partial charge in [0.1, 0.15) is 5.82 Å². The lowest BCUT2D eigenvalue weighted by Gasteiger charge is -2.26. The molecule has 84 valence electrons. The molecule has 1 unspecified atom stereocenters. The molecule has 16 heavy (non-hydrogen) atoms. The molecule has 2 nitrogen and oxygen atoms in total. The van der Waals surface area contributed by atoms with Crippen molar-refractivity contribution >= 4 is 18.0 Å². The van der Waals surface area contributed by atoms with Crippen molar-refractivity contribution < 1.29 is 0 Å². The molecule has 1 atom stereocenters. The highest BCUT2D eigenvalue weighted by Crippen LogP contribution is 2.35. The number of hydrogen-bond acceptors (Lipinski definition) is 2. The standard InChI is InChI=1S/C14H18N2/c1-10(2)14(3)7-4-11-6-9-16-13(15)12(11)5-8-14/h4-10H,1-3H3,(H2,15,16). The van der Waals surface area contributed by atoms with E-state index < -0.39 is 0 Å². The van der Waals surface area contributed by atoms with Crippen LogP contribution in [0.15, 0.2) is 24.4 Å². The van der Waals surface area contributed by atoms with Crippen molar-refractivity contribution in [3.8, 4) is 0 Å². The van der Waals surface area contributed by atoms with Crippen molar-refractivity contribution in [3.05, 3.63) is 35.5 Å². The Morgan fingerprint density at radius 1 is 1.25 bits per heavy atom. The minimum Gasteiger partial charge on any atom is -0.383 e. The first-order chi connectivity index (χ1) is 7.53. The maximum absolute atomic E-state index is 5.88. The third-order valence-electron chi connectivity index (χ3n) is 3.53. The first kappa shape index (κ1) is 10.9. The molecule has 0 fully saturated rings. The second-order valence-corrected chi connectivity index (χ2v) is 4.89. The fraction of sp³-hybridized carbons (Fsp3) is 0.357. The molecule has 0 amide bonds. The van der Waals surface area contributed by atoms with Crippen LogP contribution < -0.4 is 5.73 Å². The highest BCUT2D eigenvalue weighted by atomic mass is 14.8. The minimum atomic E-state index is 0.0887. The Bertz CT molecular complexity index is 458. The van der Waals surface area contributed by atoms with E-state index >= 15 is 0 Å². The molecule has 1 aromatic heterocycles. The average Bonchev–Trinajstić information content (AvgIpc) is 2.41. The van der Waals surface area contributed by atoms with Crippen LogP contribution in [0.4, 0.5) is 5.82 Å². The topological polar surface area (TPSA) is 38.9 Å². The predicted octanol–water partition coefficient (Wildman–Crippen LogP) is 3.37. The van der Waals surface area contributed by atoms with Gasteiger partial charge in [0.15, 0.2) is 0 Å². The summed E-state index contributed by atoms with van der Waals surface area (Å²) >= 11 is 0. The van der Waals surface area contributed by atoms with Crippen LogP contribution in [0.3, 0.4) is 0 Å². The van der Waals surface area contributed by atoms with Crippen LogP contribution >= 0.6 is 0 Å². The Morgan fingerprint density at radius 2 is 1.94 bits per heavy atom. The SMILES string of the molecule is CC(C)C1(C)C=Cc2ccnc(N)c2C=C1. The van der Waals surface area contributed by atoms with Gasteiger partial charge in [-0.05, 0) is 17.5 Å². The van der Waals surface area contributed by atoms with Gasteiger partial charge in [0, 0.05) is 17.2 Å². The molecule has 0 radical (unpaired) electrons. The zero-order valence-electron chi connectivity index (χ0n) is 10.1. The Kier molecular flexibility index (Phi) is 2.58. The molecule has 0 saturated heterocycles. The van der Waals surface area contributed by atoms with Gasteiger partial charge in [0.05, 0.1) is 0 Å². The van der Waals surface area contributed by atoms with E-state index in [1.165, 1.54) is 0 Å². The number of pyridine rings is 1. The van der Waals surface area contributed by atoms with Crippen LogP contribution in [0.1, 0.15) is 31.9 Å². The second-order valence-electron chi connectivity index (χ2n) is 4.89. The molecule has 1 aliphatic carbocycles. The van der Waals surface area contributed by atoms with Crippen molar-refractivity contribution in [3.63, 3.8) is 0 Å². The van der Waals surface area contributed by atoms with Gasteiger partial charge in [0.2, 0.25) is 0 Å². The largest absolute Gasteiger partial charge is 0.383 e. The fourth-order valence-corrected chi connectivity index (χ4v) is 1.80. The number of nitrogens with two attached hydrogens (primary N) is 1. The van der Waals surface area contributed by atoms with Gasteiger partial charge in [-0.2, -0.15) is 0 Å². The van der Waals surface area contributed by atoms with Crippen molar-refractivity contribution in [2.45, 2.75) is 20.8 Å². The van der Waals surface area contributed by atoms with Gasteiger partial charge in [0.25, 0.3) is 0 Å². The highest BCUT2D eigenvalue weighted by Gasteiger charge is 2.23. The number of nitrogens with zero attached hydrogens (tertiary/aromatic N) is 1. The summed E-state index contributed by atoms with van der Waals surface area (Å²) in [4.78, 5) is 4.12. The van der Waals surface area contributed by atoms with Crippen molar-refractivity contribution in [2.75, 3.05) is 5.73 Å². The van der Waals surface area contributed by atoms with E-state index in [-0.39, 0.29) is 5.41 Å². The number of fused-ring (bicyclic) bond motifs is 1. The molecule has 0 bridgehead atoms. The molecule has 2 heteroatoms. The second kappa shape index (κ2) is 3.78. The van der Waals surface area contributed by atoms with Crippen LogP contribution in [0.25, 0.3) is 12.2 Å². The summed E-state index contributed by atoms with van der Waals surface area (Å²) < 4.78 is 0. The molecule has 1 aromatic rings. The summed E-state index contributed by atoms with van der Waals surface area (Å²) in [6.45, 7) is 6.69. The summed E-state index contributed by atoms with van der Waals surface area (Å²) in [5.74, 6) is 1.16. The summed E-state index contributed by atoms with van der Waals surface area (Å²) in [6, 6.07) is 2.00. The maximum Gasteiger partial charge on any atom is 0.131 e. The number of nitrogen functional groups attached to an aromatic ring is 1. The van der Waals surface area contributed by atoms with Gasteiger partial charge in [-0.15, -0.1) is 0 Å². The van der Waals surface area contributed by atoms with E-state index in [2.05, 4.69) is 50.1 Å². The van der Waals surface area contributed by atoms with E-state index in [0.717, 1.165) is 11.1 Å². The van der Waals surface area contributed by atoms with Crippen LogP contribution in [0, 0.1) is 11.3 Å². The monoisotopic (exact) mass is 214 g/mol. The Balaban J connectivity index is 2.52. The summed E-state index contributed by atoms with van der Waals surface area (Å²) in [6.07, 6.45) is 10.5. The molecular weight excluding hydrogens is 196 g/mol. The molecule has 1 heterocycles. The van der Waals surface area contributed by atoms with Crippen LogP contribution in [-0.2, 0) is 0 Å². The quantitative estimate of drug-likeness (QED) is 0.778. The van der Waals surface area contributed by atoms with Crippen molar-refractivity contribution in [2.24, 2.45) is 11.3 Å². The third kappa shape index (κ3) is 1.75. The number of anilines is 1. The number of aromatic nitrogens is 1. The summed E-state index contributed by atoms with van der Waals surface area (Å²) in [5, 5.41) is 0. The Hall–Kier alpha value is -1.57. The lowest BCUT2D eigenvalue weighted by Crippen LogP contribution is -2.16. The molecule has 0 saturated carbocycles. The number of hydrogen-bond donors (Lipinski definition) is 1. The Labute approximate surface area is 96.9 Å². The van der Waals surface area contributed by atoms with Crippen molar-refractivity contribution in [1.29, 1.82) is 0 Å². The third-order valence-corrected chi connectivity index (χ3v) is 3.53. The summed E-state index contributed by atoms with van der Waals surface area (Å²) in [5.41, 5.74) is 8.15. The van der Waals surface area contributed by atoms with Gasteiger partial charge in [-0.25, -0.2) is 4.98 Å². The molecular formula is C14H18N2. The highest BCUT2D eigenvalue weighted by molar-refractivity contribution is 5.74. The Morgan fingerprint density at radius 3 is 2.62 bits per heavy atom. The predicted molar refractivity (Wildman–Crippen MR) is 69.7 cm³/mol. The minimum absolute atomic E-state index is 0.0887. The van der Waals surface area contributed by atoms with Gasteiger partial charge >= 0.3 is 0 Å². The van der Waals surface area contributed by atoms with E-state index in [0.29, 0.717) is 11.7 Å². The van der Waals surface area contributed by atoms with E-state index in [9.17, 15) is 0 Å². The zero-order chi connectivity index (χ0) is 11.8. The molecule has 0 aliphatic heterocycles. The van der Waals surface area contributed by atoms with Crippen molar-refractivity contribution in [1.82, 2.24) is 4.98 Å². The lowest BCUT2D eigenvalue weighted by atomic mass is 9.79. The molecule has 2 N–H and O–H groups in total. The smallest absolute Gasteiger partial charge is 0.131 e. The summed E-state index contributed by atoms with van der Waals surface area (Å²) in [7, 11) is 0. The van der Waals surface area contributed by atoms with Crippen LogP contribution in [0.2, 0.25) is 0 Å². The fourth-order valence-electron chi connectivity index (χ4n) is 1.80. The first-order valence-corrected chi connectivity index (χ1v) is 5.66. The van der Waals surface area contributed by atoms with Gasteiger partial charge in [-0.3, -0.25) is 0 Å². The number of rotatable bonds is 1. The van der Waals surface area contributed by atoms with Gasteiger partial charge in [-0.1, -0.05) is 45.1 Å². The van der Waals surface area contributed by atoms with Gasteiger partial charge < -0.3 is 5.73 Å². The average molecular weight is 214 g/mol. The molecule has 0 spiro atoms. The van der Waals surface area contributed by atoms with Crippen LogP contribution in [0.5, 0.6) is 0 Å².